The molecular formula is C20H15NO2S. The molecule has 2 aromatic heterocycles. The number of rotatable bonds is 4. The lowest BCUT2D eigenvalue weighted by molar-refractivity contribution is 0.497. The van der Waals surface area contributed by atoms with Crippen LogP contribution in [-0.2, 0) is 6.54 Å². The van der Waals surface area contributed by atoms with Crippen LogP contribution in [0.1, 0.15) is 5.56 Å². The molecule has 4 aromatic rings. The first-order valence-corrected chi connectivity index (χ1v) is 8.63. The average molecular weight is 333 g/mol. The number of nitrogens with zero attached hydrogens (tertiary/aromatic N) is 1. The summed E-state index contributed by atoms with van der Waals surface area (Å²) < 4.78 is 7.35. The summed E-state index contributed by atoms with van der Waals surface area (Å²) >= 11 is 1.61. The second-order valence-electron chi connectivity index (χ2n) is 5.50. The van der Waals surface area contributed by atoms with Gasteiger partial charge in [-0.15, -0.1) is 0 Å². The third-order valence-electron chi connectivity index (χ3n) is 3.91. The Morgan fingerprint density at radius 1 is 0.875 bits per heavy atom. The molecule has 0 fully saturated rings. The summed E-state index contributed by atoms with van der Waals surface area (Å²) in [6, 6.07) is 21.7. The van der Waals surface area contributed by atoms with Crippen LogP contribution in [0.5, 0.6) is 0 Å². The summed E-state index contributed by atoms with van der Waals surface area (Å²) in [5.74, 6) is 0.286. The Balaban J connectivity index is 1.91. The molecule has 24 heavy (non-hydrogen) atoms. The second kappa shape index (κ2) is 6.34. The predicted octanol–water partition coefficient (Wildman–Crippen LogP) is 4.89. The molecule has 0 aliphatic heterocycles. The lowest BCUT2D eigenvalue weighted by Gasteiger charge is -2.07. The highest BCUT2D eigenvalue weighted by Gasteiger charge is 2.20. The van der Waals surface area contributed by atoms with Crippen LogP contribution in [0.3, 0.4) is 0 Å². The maximum absolute atomic E-state index is 12.5. The largest absolute Gasteiger partial charge is 0.420 e. The van der Waals surface area contributed by atoms with Crippen molar-refractivity contribution in [2.45, 2.75) is 6.54 Å². The van der Waals surface area contributed by atoms with Crippen LogP contribution >= 0.6 is 11.3 Å². The fraction of sp³-hybridized carbons (Fsp3) is 0.0500. The number of oxazole rings is 1. The summed E-state index contributed by atoms with van der Waals surface area (Å²) in [5, 5.41) is 4.05. The predicted molar refractivity (Wildman–Crippen MR) is 97.3 cm³/mol. The number of thiophene rings is 1. The Kier molecular flexibility index (Phi) is 3.89. The van der Waals surface area contributed by atoms with E-state index in [1.54, 1.807) is 15.9 Å². The maximum Gasteiger partial charge on any atom is 0.420 e. The smallest absolute Gasteiger partial charge is 0.407 e. The molecule has 0 saturated carbocycles. The topological polar surface area (TPSA) is 35.1 Å². The first kappa shape index (κ1) is 14.7. The van der Waals surface area contributed by atoms with E-state index in [-0.39, 0.29) is 5.76 Å². The Labute approximate surface area is 143 Å². The Bertz CT molecular complexity index is 983. The Hall–Kier alpha value is -2.85. The van der Waals surface area contributed by atoms with Crippen molar-refractivity contribution in [1.29, 1.82) is 0 Å². The third-order valence-corrected chi connectivity index (χ3v) is 4.59. The minimum Gasteiger partial charge on any atom is -0.407 e. The van der Waals surface area contributed by atoms with Crippen LogP contribution in [0, 0.1) is 0 Å². The molecule has 0 bridgehead atoms. The van der Waals surface area contributed by atoms with E-state index < -0.39 is 0 Å². The van der Waals surface area contributed by atoms with E-state index in [0.717, 1.165) is 22.4 Å². The average Bonchev–Trinajstić information content (AvgIpc) is 3.25. The lowest BCUT2D eigenvalue weighted by atomic mass is 10.1. The van der Waals surface area contributed by atoms with E-state index in [9.17, 15) is 4.79 Å². The lowest BCUT2D eigenvalue weighted by Crippen LogP contribution is -2.16. The molecule has 3 nitrogen and oxygen atoms in total. The van der Waals surface area contributed by atoms with E-state index in [4.69, 9.17) is 4.42 Å². The molecule has 2 heterocycles. The minimum absolute atomic E-state index is 0.334. The molecule has 2 aromatic carbocycles. The van der Waals surface area contributed by atoms with Gasteiger partial charge in [-0.1, -0.05) is 60.7 Å². The van der Waals surface area contributed by atoms with Gasteiger partial charge in [0.1, 0.15) is 0 Å². The molecule has 118 valence electrons. The zero-order valence-corrected chi connectivity index (χ0v) is 13.7. The van der Waals surface area contributed by atoms with Crippen molar-refractivity contribution in [1.82, 2.24) is 4.57 Å². The maximum atomic E-state index is 12.5. The second-order valence-corrected chi connectivity index (χ2v) is 6.28. The van der Waals surface area contributed by atoms with Gasteiger partial charge in [-0.25, -0.2) is 4.79 Å². The molecule has 4 heteroatoms. The van der Waals surface area contributed by atoms with Gasteiger partial charge in [0.25, 0.3) is 0 Å². The number of hydrogen-bond acceptors (Lipinski definition) is 3. The van der Waals surface area contributed by atoms with Gasteiger partial charge in [0.2, 0.25) is 0 Å². The molecule has 0 saturated heterocycles. The van der Waals surface area contributed by atoms with Gasteiger partial charge in [-0.05, 0) is 17.0 Å². The molecule has 0 N–H and O–H groups in total. The fourth-order valence-corrected chi connectivity index (χ4v) is 3.43. The van der Waals surface area contributed by atoms with Crippen LogP contribution in [0.15, 0.2) is 86.7 Å². The summed E-state index contributed by atoms with van der Waals surface area (Å²) in [6.45, 7) is 0.487. The van der Waals surface area contributed by atoms with E-state index in [2.05, 4.69) is 0 Å². The molecule has 0 aliphatic rings. The summed E-state index contributed by atoms with van der Waals surface area (Å²) in [7, 11) is 0. The molecule has 0 radical (unpaired) electrons. The molecular weight excluding hydrogens is 318 g/mol. The number of aromatic nitrogens is 1. The molecule has 0 atom stereocenters. The van der Waals surface area contributed by atoms with Crippen molar-refractivity contribution >= 4 is 11.3 Å². The fourth-order valence-electron chi connectivity index (χ4n) is 2.79. The monoisotopic (exact) mass is 333 g/mol. The molecule has 0 unspecified atom stereocenters. The van der Waals surface area contributed by atoms with Gasteiger partial charge in [0.05, 0.1) is 12.2 Å². The number of hydrogen-bond donors (Lipinski definition) is 0. The van der Waals surface area contributed by atoms with Crippen LogP contribution in [0.2, 0.25) is 0 Å². The Morgan fingerprint density at radius 2 is 1.58 bits per heavy atom. The van der Waals surface area contributed by atoms with E-state index >= 15 is 0 Å². The summed E-state index contributed by atoms with van der Waals surface area (Å²) in [4.78, 5) is 12.5. The van der Waals surface area contributed by atoms with Gasteiger partial charge in [-0.2, -0.15) is 11.3 Å². The Morgan fingerprint density at radius 3 is 2.25 bits per heavy atom. The molecule has 4 rings (SSSR count). The van der Waals surface area contributed by atoms with Gasteiger partial charge in [0, 0.05) is 16.5 Å². The van der Waals surface area contributed by atoms with Crippen molar-refractivity contribution in [3.63, 3.8) is 0 Å². The van der Waals surface area contributed by atoms with Crippen LogP contribution in [0.25, 0.3) is 22.6 Å². The SMILES string of the molecule is O=c1oc(-c2ccccc2)c(-c2ccsc2)n1Cc1ccccc1. The van der Waals surface area contributed by atoms with Gasteiger partial charge in [-0.3, -0.25) is 4.57 Å². The van der Waals surface area contributed by atoms with E-state index in [1.165, 1.54) is 0 Å². The van der Waals surface area contributed by atoms with Crippen LogP contribution < -0.4 is 5.76 Å². The highest BCUT2D eigenvalue weighted by molar-refractivity contribution is 7.08. The van der Waals surface area contributed by atoms with Gasteiger partial charge < -0.3 is 4.42 Å². The standard InChI is InChI=1S/C20H15NO2S/c22-20-21(13-15-7-3-1-4-8-15)18(17-11-12-24-14-17)19(23-20)16-9-5-2-6-10-16/h1-12,14H,13H2. The number of benzene rings is 2. The molecule has 0 amide bonds. The van der Waals surface area contributed by atoms with Gasteiger partial charge in [0.15, 0.2) is 5.76 Å². The first-order valence-electron chi connectivity index (χ1n) is 7.68. The van der Waals surface area contributed by atoms with E-state index in [1.807, 2.05) is 77.5 Å². The van der Waals surface area contributed by atoms with Crippen molar-refractivity contribution in [2.24, 2.45) is 0 Å². The van der Waals surface area contributed by atoms with E-state index in [0.29, 0.717) is 12.3 Å². The normalized spacial score (nSPS) is 10.8. The highest BCUT2D eigenvalue weighted by atomic mass is 32.1. The minimum atomic E-state index is -0.334. The third kappa shape index (κ3) is 2.72. The molecule has 0 spiro atoms. The van der Waals surface area contributed by atoms with Crippen LogP contribution in [0.4, 0.5) is 0 Å². The first-order chi connectivity index (χ1) is 11.8. The quantitative estimate of drug-likeness (QED) is 0.533. The van der Waals surface area contributed by atoms with Crippen LogP contribution in [-0.4, -0.2) is 4.57 Å². The zero-order valence-electron chi connectivity index (χ0n) is 12.9. The highest BCUT2D eigenvalue weighted by Crippen LogP contribution is 2.33. The zero-order chi connectivity index (χ0) is 16.4. The molecule has 0 aliphatic carbocycles. The summed E-state index contributed by atoms with van der Waals surface area (Å²) in [6.07, 6.45) is 0. The van der Waals surface area contributed by atoms with Crippen molar-refractivity contribution < 1.29 is 4.42 Å². The van der Waals surface area contributed by atoms with Gasteiger partial charge >= 0.3 is 5.76 Å². The van der Waals surface area contributed by atoms with Crippen molar-refractivity contribution in [3.05, 3.63) is 93.6 Å². The van der Waals surface area contributed by atoms with Crippen molar-refractivity contribution in [2.75, 3.05) is 0 Å². The van der Waals surface area contributed by atoms with Crippen molar-refractivity contribution in [3.8, 4) is 22.6 Å². The summed E-state index contributed by atoms with van der Waals surface area (Å²) in [5.41, 5.74) is 3.80.